The molecule has 2 aromatic heterocycles. The van der Waals surface area contributed by atoms with Gasteiger partial charge in [0.2, 0.25) is 10.0 Å². The van der Waals surface area contributed by atoms with Crippen LogP contribution in [-0.4, -0.2) is 59.1 Å². The highest BCUT2D eigenvalue weighted by Gasteiger charge is 2.32. The Morgan fingerprint density at radius 3 is 2.42 bits per heavy atom. The zero-order chi connectivity index (χ0) is 22.0. The molecule has 11 heteroatoms. The van der Waals surface area contributed by atoms with E-state index in [1.807, 2.05) is 13.8 Å². The van der Waals surface area contributed by atoms with Gasteiger partial charge in [0, 0.05) is 24.8 Å². The molecule has 10 nitrogen and oxygen atoms in total. The number of morpholine rings is 1. The van der Waals surface area contributed by atoms with Gasteiger partial charge in [-0.2, -0.15) is 4.31 Å². The summed E-state index contributed by atoms with van der Waals surface area (Å²) in [6.45, 7) is 4.24. The fourth-order valence-corrected chi connectivity index (χ4v) is 4.88. The van der Waals surface area contributed by atoms with Gasteiger partial charge >= 0.3 is 6.01 Å². The SMILES string of the molecule is C[C@@H]1CN(S(=O)(=O)c2ccc(C(=O)Nc3nnc(-c4ccccn4)o3)cc2)C[C@H](C)O1. The third kappa shape index (κ3) is 4.63. The number of amides is 1. The summed E-state index contributed by atoms with van der Waals surface area (Å²) in [5.74, 6) is -0.333. The molecule has 1 aliphatic rings. The Morgan fingerprint density at radius 2 is 1.77 bits per heavy atom. The molecule has 1 saturated heterocycles. The molecular formula is C20H21N5O5S. The number of carbonyl (C=O) groups is 1. The normalized spacial score (nSPS) is 19.8. The van der Waals surface area contributed by atoms with Crippen molar-refractivity contribution in [2.24, 2.45) is 0 Å². The van der Waals surface area contributed by atoms with Crippen LogP contribution >= 0.6 is 0 Å². The Hall–Kier alpha value is -3.15. The molecule has 1 aliphatic heterocycles. The van der Waals surface area contributed by atoms with Crippen molar-refractivity contribution >= 4 is 21.9 Å². The van der Waals surface area contributed by atoms with E-state index in [0.717, 1.165) is 0 Å². The smallest absolute Gasteiger partial charge is 0.322 e. The first-order valence-corrected chi connectivity index (χ1v) is 11.1. The van der Waals surface area contributed by atoms with Crippen LogP contribution in [0.3, 0.4) is 0 Å². The van der Waals surface area contributed by atoms with Crippen LogP contribution < -0.4 is 5.32 Å². The fraction of sp³-hybridized carbons (Fsp3) is 0.300. The summed E-state index contributed by atoms with van der Waals surface area (Å²) in [5.41, 5.74) is 0.733. The molecule has 1 fully saturated rings. The lowest BCUT2D eigenvalue weighted by atomic mass is 10.2. The van der Waals surface area contributed by atoms with Gasteiger partial charge in [-0.1, -0.05) is 11.2 Å². The molecule has 162 valence electrons. The molecule has 3 aromatic rings. The highest BCUT2D eigenvalue weighted by atomic mass is 32.2. The first-order chi connectivity index (χ1) is 14.8. The van der Waals surface area contributed by atoms with Crippen LogP contribution in [0.15, 0.2) is 58.0 Å². The number of benzene rings is 1. The van der Waals surface area contributed by atoms with Crippen LogP contribution in [0.5, 0.6) is 0 Å². The first kappa shape index (κ1) is 21.1. The summed E-state index contributed by atoms with van der Waals surface area (Å²) in [6, 6.07) is 10.8. The highest BCUT2D eigenvalue weighted by molar-refractivity contribution is 7.89. The van der Waals surface area contributed by atoms with Crippen LogP contribution in [0.1, 0.15) is 24.2 Å². The number of hydrogen-bond acceptors (Lipinski definition) is 8. The van der Waals surface area contributed by atoms with Crippen molar-refractivity contribution in [1.29, 1.82) is 0 Å². The number of anilines is 1. The lowest BCUT2D eigenvalue weighted by Crippen LogP contribution is -2.48. The molecule has 4 rings (SSSR count). The average molecular weight is 443 g/mol. The van der Waals surface area contributed by atoms with Gasteiger partial charge in [-0.15, -0.1) is 5.10 Å². The molecule has 0 spiro atoms. The quantitative estimate of drug-likeness (QED) is 0.636. The number of pyridine rings is 1. The largest absolute Gasteiger partial charge is 0.401 e. The van der Waals surface area contributed by atoms with E-state index in [1.54, 1.807) is 24.4 Å². The van der Waals surface area contributed by atoms with Crippen LogP contribution in [0.25, 0.3) is 11.6 Å². The van der Waals surface area contributed by atoms with E-state index in [1.165, 1.54) is 28.6 Å². The number of nitrogens with one attached hydrogen (secondary N) is 1. The summed E-state index contributed by atoms with van der Waals surface area (Å²) in [6.07, 6.45) is 1.22. The molecule has 2 atom stereocenters. The molecule has 31 heavy (non-hydrogen) atoms. The fourth-order valence-electron chi connectivity index (χ4n) is 3.29. The maximum absolute atomic E-state index is 12.9. The van der Waals surface area contributed by atoms with Gasteiger partial charge in [0.1, 0.15) is 5.69 Å². The monoisotopic (exact) mass is 443 g/mol. The van der Waals surface area contributed by atoms with Gasteiger partial charge in [0.25, 0.3) is 11.8 Å². The van der Waals surface area contributed by atoms with Crippen LogP contribution in [0.2, 0.25) is 0 Å². The summed E-state index contributed by atoms with van der Waals surface area (Å²) in [4.78, 5) is 16.7. The van der Waals surface area contributed by atoms with Gasteiger partial charge in [-0.3, -0.25) is 15.1 Å². The molecular weight excluding hydrogens is 422 g/mol. The van der Waals surface area contributed by atoms with Crippen molar-refractivity contribution in [2.45, 2.75) is 31.0 Å². The predicted octanol–water partition coefficient (Wildman–Crippen LogP) is 2.18. The van der Waals surface area contributed by atoms with Gasteiger partial charge in [0.05, 0.1) is 17.1 Å². The standard InChI is InChI=1S/C20H21N5O5S/c1-13-11-25(12-14(2)29-13)31(27,28)16-8-6-15(7-9-16)18(26)22-20-24-23-19(30-20)17-5-3-4-10-21-17/h3-10,13-14H,11-12H2,1-2H3,(H,22,24,26)/t13-,14+. The maximum Gasteiger partial charge on any atom is 0.322 e. The van der Waals surface area contributed by atoms with E-state index in [0.29, 0.717) is 5.69 Å². The van der Waals surface area contributed by atoms with E-state index < -0.39 is 15.9 Å². The highest BCUT2D eigenvalue weighted by Crippen LogP contribution is 2.22. The molecule has 0 saturated carbocycles. The van der Waals surface area contributed by atoms with Gasteiger partial charge < -0.3 is 9.15 Å². The van der Waals surface area contributed by atoms with Crippen molar-refractivity contribution in [3.63, 3.8) is 0 Å². The van der Waals surface area contributed by atoms with Gasteiger partial charge in [-0.05, 0) is 50.2 Å². The molecule has 0 bridgehead atoms. The third-order valence-electron chi connectivity index (χ3n) is 4.67. The Bertz CT molecular complexity index is 1150. The van der Waals surface area contributed by atoms with Crippen LogP contribution in [0, 0.1) is 0 Å². The number of nitrogens with zero attached hydrogens (tertiary/aromatic N) is 4. The Kier molecular flexibility index (Phi) is 5.81. The second kappa shape index (κ2) is 8.53. The Labute approximate surface area is 179 Å². The Balaban J connectivity index is 1.45. The molecule has 0 radical (unpaired) electrons. The number of carbonyl (C=O) groups excluding carboxylic acids is 1. The summed E-state index contributed by atoms with van der Waals surface area (Å²) >= 11 is 0. The Morgan fingerprint density at radius 1 is 1.06 bits per heavy atom. The minimum Gasteiger partial charge on any atom is -0.401 e. The van der Waals surface area contributed by atoms with E-state index in [-0.39, 0.29) is 47.7 Å². The lowest BCUT2D eigenvalue weighted by molar-refractivity contribution is -0.0440. The minimum absolute atomic E-state index is 0.0846. The number of rotatable bonds is 5. The molecule has 1 amide bonds. The topological polar surface area (TPSA) is 128 Å². The van der Waals surface area contributed by atoms with Crippen molar-refractivity contribution in [1.82, 2.24) is 19.5 Å². The zero-order valence-electron chi connectivity index (χ0n) is 16.9. The number of ether oxygens (including phenoxy) is 1. The predicted molar refractivity (Wildman–Crippen MR) is 111 cm³/mol. The van der Waals surface area contributed by atoms with Crippen LogP contribution in [-0.2, 0) is 14.8 Å². The van der Waals surface area contributed by atoms with E-state index in [4.69, 9.17) is 9.15 Å². The molecule has 3 heterocycles. The molecule has 0 aliphatic carbocycles. The molecule has 1 N–H and O–H groups in total. The lowest BCUT2D eigenvalue weighted by Gasteiger charge is -2.34. The van der Waals surface area contributed by atoms with Crippen molar-refractivity contribution in [3.05, 3.63) is 54.2 Å². The third-order valence-corrected chi connectivity index (χ3v) is 6.52. The summed E-state index contributed by atoms with van der Waals surface area (Å²) in [7, 11) is -3.68. The van der Waals surface area contributed by atoms with E-state index in [9.17, 15) is 13.2 Å². The summed E-state index contributed by atoms with van der Waals surface area (Å²) < 4.78 is 38.2. The minimum atomic E-state index is -3.68. The average Bonchev–Trinajstić information content (AvgIpc) is 3.22. The van der Waals surface area contributed by atoms with Gasteiger partial charge in [-0.25, -0.2) is 8.42 Å². The first-order valence-electron chi connectivity index (χ1n) is 9.65. The summed E-state index contributed by atoms with van der Waals surface area (Å²) in [5, 5.41) is 10.1. The molecule has 1 aromatic carbocycles. The van der Waals surface area contributed by atoms with Crippen LogP contribution in [0.4, 0.5) is 6.01 Å². The van der Waals surface area contributed by atoms with Gasteiger partial charge in [0.15, 0.2) is 0 Å². The van der Waals surface area contributed by atoms with Crippen molar-refractivity contribution < 1.29 is 22.4 Å². The second-order valence-electron chi connectivity index (χ2n) is 7.19. The number of aromatic nitrogens is 3. The van der Waals surface area contributed by atoms with Crippen molar-refractivity contribution in [2.75, 3.05) is 18.4 Å². The number of hydrogen-bond donors (Lipinski definition) is 1. The number of sulfonamides is 1. The molecule has 0 unspecified atom stereocenters. The second-order valence-corrected chi connectivity index (χ2v) is 9.12. The van der Waals surface area contributed by atoms with Crippen molar-refractivity contribution in [3.8, 4) is 11.6 Å². The van der Waals surface area contributed by atoms with E-state index in [2.05, 4.69) is 20.5 Å². The zero-order valence-corrected chi connectivity index (χ0v) is 17.7. The van der Waals surface area contributed by atoms with E-state index >= 15 is 0 Å². The maximum atomic E-state index is 12.9.